The average molecular weight is 513 g/mol. The number of hydrogen-bond acceptors (Lipinski definition) is 6. The molecule has 1 aromatic heterocycles. The lowest BCUT2D eigenvalue weighted by Gasteiger charge is -2.09. The van der Waals surface area contributed by atoms with E-state index < -0.39 is 10.8 Å². The van der Waals surface area contributed by atoms with E-state index in [1.165, 1.54) is 28.9 Å². The fraction of sp³-hybridized carbons (Fsp3) is 0.0833. The molecule has 11 heteroatoms. The van der Waals surface area contributed by atoms with Crippen molar-refractivity contribution in [1.82, 2.24) is 9.78 Å². The molecule has 178 valence electrons. The van der Waals surface area contributed by atoms with Gasteiger partial charge >= 0.3 is 0 Å². The Hall–Kier alpha value is -4.08. The Morgan fingerprint density at radius 1 is 1.09 bits per heavy atom. The summed E-state index contributed by atoms with van der Waals surface area (Å²) in [5.41, 5.74) is 1.08. The molecule has 3 aromatic carbocycles. The van der Waals surface area contributed by atoms with Crippen molar-refractivity contribution < 1.29 is 19.2 Å². The quantitative estimate of drug-likeness (QED) is 0.213. The molecule has 0 radical (unpaired) electrons. The molecule has 1 amide bonds. The van der Waals surface area contributed by atoms with Gasteiger partial charge in [-0.1, -0.05) is 47.0 Å². The number of carbonyl (C=O) groups excluding carboxylic acids is 1. The molecule has 0 aliphatic carbocycles. The van der Waals surface area contributed by atoms with Crippen molar-refractivity contribution in [3.05, 3.63) is 104 Å². The van der Waals surface area contributed by atoms with E-state index in [9.17, 15) is 14.9 Å². The van der Waals surface area contributed by atoms with Crippen LogP contribution in [0.25, 0.3) is 0 Å². The number of carbonyl (C=O) groups is 1. The lowest BCUT2D eigenvalue weighted by atomic mass is 10.2. The van der Waals surface area contributed by atoms with Crippen LogP contribution in [0.15, 0.2) is 72.9 Å². The van der Waals surface area contributed by atoms with Gasteiger partial charge in [-0.3, -0.25) is 14.9 Å². The van der Waals surface area contributed by atoms with E-state index in [1.54, 1.807) is 36.5 Å². The summed E-state index contributed by atoms with van der Waals surface area (Å²) >= 11 is 12.1. The van der Waals surface area contributed by atoms with Gasteiger partial charge in [-0.25, -0.2) is 4.68 Å². The molecule has 4 rings (SSSR count). The van der Waals surface area contributed by atoms with Gasteiger partial charge in [0, 0.05) is 18.3 Å². The molecule has 0 saturated carbocycles. The zero-order valence-corrected chi connectivity index (χ0v) is 19.8. The van der Waals surface area contributed by atoms with E-state index in [-0.39, 0.29) is 34.6 Å². The summed E-state index contributed by atoms with van der Waals surface area (Å²) in [7, 11) is 0. The van der Waals surface area contributed by atoms with Gasteiger partial charge in [0.2, 0.25) is 0 Å². The van der Waals surface area contributed by atoms with Gasteiger partial charge in [-0.15, -0.1) is 0 Å². The SMILES string of the molecule is Cc1ccc(Oc2cc(NC(=O)c3ccn(COc4cccc(Cl)c4Cl)n3)cc([N+](=O)[O-])c2)cc1. The maximum Gasteiger partial charge on any atom is 0.276 e. The number of aryl methyl sites for hydroxylation is 1. The van der Waals surface area contributed by atoms with E-state index in [2.05, 4.69) is 10.4 Å². The number of hydrogen-bond donors (Lipinski definition) is 1. The predicted molar refractivity (Wildman–Crippen MR) is 132 cm³/mol. The number of nitrogens with zero attached hydrogens (tertiary/aromatic N) is 3. The van der Waals surface area contributed by atoms with Crippen LogP contribution in [0.5, 0.6) is 17.2 Å². The molecule has 0 aliphatic rings. The Morgan fingerprint density at radius 3 is 2.60 bits per heavy atom. The van der Waals surface area contributed by atoms with Crippen LogP contribution in [0.2, 0.25) is 10.0 Å². The normalized spacial score (nSPS) is 10.6. The first-order valence-electron chi connectivity index (χ1n) is 10.2. The molecule has 0 atom stereocenters. The van der Waals surface area contributed by atoms with Crippen LogP contribution < -0.4 is 14.8 Å². The van der Waals surface area contributed by atoms with Crippen molar-refractivity contribution in [2.24, 2.45) is 0 Å². The number of nitrogens with one attached hydrogen (secondary N) is 1. The number of ether oxygens (including phenoxy) is 2. The molecule has 0 fully saturated rings. The lowest BCUT2D eigenvalue weighted by molar-refractivity contribution is -0.384. The van der Waals surface area contributed by atoms with Crippen LogP contribution in [-0.4, -0.2) is 20.6 Å². The highest BCUT2D eigenvalue weighted by Gasteiger charge is 2.16. The Bertz CT molecular complexity index is 1390. The Kier molecular flexibility index (Phi) is 7.19. The number of aromatic nitrogens is 2. The fourth-order valence-electron chi connectivity index (χ4n) is 3.04. The van der Waals surface area contributed by atoms with Crippen LogP contribution in [0.3, 0.4) is 0 Å². The first kappa shape index (κ1) is 24.1. The Labute approximate surface area is 210 Å². The number of halogens is 2. The second kappa shape index (κ2) is 10.5. The average Bonchev–Trinajstić information content (AvgIpc) is 3.31. The molecule has 4 aromatic rings. The summed E-state index contributed by atoms with van der Waals surface area (Å²) in [4.78, 5) is 23.5. The molecule has 0 aliphatic heterocycles. The monoisotopic (exact) mass is 512 g/mol. The van der Waals surface area contributed by atoms with E-state index in [0.29, 0.717) is 16.5 Å². The highest BCUT2D eigenvalue weighted by Crippen LogP contribution is 2.32. The highest BCUT2D eigenvalue weighted by molar-refractivity contribution is 6.42. The van der Waals surface area contributed by atoms with Crippen LogP contribution >= 0.6 is 23.2 Å². The van der Waals surface area contributed by atoms with Crippen molar-refractivity contribution in [3.63, 3.8) is 0 Å². The summed E-state index contributed by atoms with van der Waals surface area (Å²) < 4.78 is 12.7. The minimum atomic E-state index is -0.565. The van der Waals surface area contributed by atoms with Crippen molar-refractivity contribution >= 4 is 40.5 Å². The fourth-order valence-corrected chi connectivity index (χ4v) is 3.39. The number of non-ortho nitro benzene ring substituents is 1. The molecule has 0 unspecified atom stereocenters. The molecule has 1 heterocycles. The second-order valence-corrected chi connectivity index (χ2v) is 8.19. The lowest BCUT2D eigenvalue weighted by Crippen LogP contribution is -2.14. The maximum absolute atomic E-state index is 12.7. The van der Waals surface area contributed by atoms with Gasteiger partial charge in [-0.2, -0.15) is 5.10 Å². The minimum absolute atomic E-state index is 0.0152. The summed E-state index contributed by atoms with van der Waals surface area (Å²) in [5, 5.41) is 18.8. The molecule has 1 N–H and O–H groups in total. The van der Waals surface area contributed by atoms with Crippen LogP contribution in [-0.2, 0) is 6.73 Å². The second-order valence-electron chi connectivity index (χ2n) is 7.41. The standard InChI is InChI=1S/C24H18Cl2N4O5/c1-15-5-7-18(8-6-15)35-19-12-16(11-17(13-19)30(32)33)27-24(31)21-9-10-29(28-21)14-34-22-4-2-3-20(25)23(22)26/h2-13H,14H2,1H3,(H,27,31). The van der Waals surface area contributed by atoms with Crippen LogP contribution in [0.4, 0.5) is 11.4 Å². The molecular formula is C24H18Cl2N4O5. The van der Waals surface area contributed by atoms with Crippen molar-refractivity contribution in [3.8, 4) is 17.2 Å². The topological polar surface area (TPSA) is 109 Å². The number of nitro groups is 1. The number of amides is 1. The van der Waals surface area contributed by atoms with Gasteiger partial charge < -0.3 is 14.8 Å². The summed E-state index contributed by atoms with van der Waals surface area (Å²) in [5.74, 6) is 0.521. The third kappa shape index (κ3) is 6.08. The van der Waals surface area contributed by atoms with Crippen molar-refractivity contribution in [2.75, 3.05) is 5.32 Å². The zero-order valence-electron chi connectivity index (χ0n) is 18.3. The van der Waals surface area contributed by atoms with E-state index in [0.717, 1.165) is 5.56 Å². The van der Waals surface area contributed by atoms with Gasteiger partial charge in [0.1, 0.15) is 22.3 Å². The van der Waals surface area contributed by atoms with Gasteiger partial charge in [0.25, 0.3) is 11.6 Å². The number of nitro benzene ring substituents is 1. The third-order valence-corrected chi connectivity index (χ3v) is 5.56. The highest BCUT2D eigenvalue weighted by atomic mass is 35.5. The van der Waals surface area contributed by atoms with E-state index in [4.69, 9.17) is 32.7 Å². The number of benzene rings is 3. The molecule has 0 bridgehead atoms. The first-order chi connectivity index (χ1) is 16.8. The van der Waals surface area contributed by atoms with Crippen LogP contribution in [0, 0.1) is 17.0 Å². The van der Waals surface area contributed by atoms with Crippen molar-refractivity contribution in [1.29, 1.82) is 0 Å². The number of anilines is 1. The minimum Gasteiger partial charge on any atom is -0.470 e. The zero-order chi connectivity index (χ0) is 24.9. The largest absolute Gasteiger partial charge is 0.470 e. The maximum atomic E-state index is 12.7. The van der Waals surface area contributed by atoms with Crippen LogP contribution in [0.1, 0.15) is 16.1 Å². The Morgan fingerprint density at radius 2 is 1.86 bits per heavy atom. The third-order valence-electron chi connectivity index (χ3n) is 4.76. The smallest absolute Gasteiger partial charge is 0.276 e. The van der Waals surface area contributed by atoms with Gasteiger partial charge in [0.15, 0.2) is 12.4 Å². The molecule has 0 spiro atoms. The Balaban J connectivity index is 1.46. The predicted octanol–water partition coefficient (Wildman–Crippen LogP) is 6.49. The first-order valence-corrected chi connectivity index (χ1v) is 11.0. The van der Waals surface area contributed by atoms with E-state index in [1.807, 2.05) is 19.1 Å². The molecule has 9 nitrogen and oxygen atoms in total. The molecule has 35 heavy (non-hydrogen) atoms. The van der Waals surface area contributed by atoms with Gasteiger partial charge in [-0.05, 0) is 37.3 Å². The summed E-state index contributed by atoms with van der Waals surface area (Å²) in [6.07, 6.45) is 1.55. The molecular weight excluding hydrogens is 495 g/mol. The summed E-state index contributed by atoms with van der Waals surface area (Å²) in [6, 6.07) is 17.7. The number of rotatable bonds is 8. The molecule has 0 saturated heterocycles. The van der Waals surface area contributed by atoms with Gasteiger partial charge in [0.05, 0.1) is 21.7 Å². The van der Waals surface area contributed by atoms with Crippen molar-refractivity contribution in [2.45, 2.75) is 13.7 Å². The van der Waals surface area contributed by atoms with E-state index >= 15 is 0 Å². The summed E-state index contributed by atoms with van der Waals surface area (Å²) in [6.45, 7) is 1.92.